The van der Waals surface area contributed by atoms with Crippen molar-refractivity contribution in [2.45, 2.75) is 69.7 Å². The predicted octanol–water partition coefficient (Wildman–Crippen LogP) is 3.44. The second-order valence-electron chi connectivity index (χ2n) is 9.91. The number of carbonyl (C=O) groups excluding carboxylic acids is 2. The van der Waals surface area contributed by atoms with Crippen molar-refractivity contribution in [3.8, 4) is 0 Å². The quantitative estimate of drug-likeness (QED) is 0.627. The zero-order valence-corrected chi connectivity index (χ0v) is 17.8. The average Bonchev–Trinajstić information content (AvgIpc) is 2.83. The van der Waals surface area contributed by atoms with E-state index in [1.54, 1.807) is 13.8 Å². The highest BCUT2D eigenvalue weighted by molar-refractivity contribution is 6.23. The third-order valence-electron chi connectivity index (χ3n) is 8.82. The Balaban J connectivity index is 1.91. The van der Waals surface area contributed by atoms with Gasteiger partial charge in [-0.15, -0.1) is 11.6 Å². The molecule has 0 radical (unpaired) electrons. The second-order valence-corrected chi connectivity index (χ2v) is 10.4. The summed E-state index contributed by atoms with van der Waals surface area (Å²) in [6.45, 7) is 6.31. The van der Waals surface area contributed by atoms with E-state index in [9.17, 15) is 24.2 Å². The summed E-state index contributed by atoms with van der Waals surface area (Å²) in [7, 11) is 0. The molecule has 0 spiro atoms. The van der Waals surface area contributed by atoms with Crippen LogP contribution in [-0.4, -0.2) is 44.5 Å². The van der Waals surface area contributed by atoms with E-state index in [1.165, 1.54) is 19.9 Å². The third kappa shape index (κ3) is 2.16. The molecule has 0 amide bonds. The van der Waals surface area contributed by atoms with Crippen molar-refractivity contribution in [2.24, 2.45) is 28.6 Å². The van der Waals surface area contributed by atoms with E-state index in [0.29, 0.717) is 6.42 Å². The third-order valence-corrected chi connectivity index (χ3v) is 9.22. The van der Waals surface area contributed by atoms with Gasteiger partial charge in [0.25, 0.3) is 0 Å². The highest BCUT2D eigenvalue weighted by atomic mass is 35.5. The van der Waals surface area contributed by atoms with Crippen LogP contribution in [0.4, 0.5) is 8.78 Å². The van der Waals surface area contributed by atoms with Crippen LogP contribution in [0, 0.1) is 28.6 Å². The van der Waals surface area contributed by atoms with Crippen LogP contribution in [0.3, 0.4) is 0 Å². The molecule has 0 aromatic heterocycles. The lowest BCUT2D eigenvalue weighted by atomic mass is 9.44. The van der Waals surface area contributed by atoms with Crippen molar-refractivity contribution in [1.82, 2.24) is 0 Å². The highest BCUT2D eigenvalue weighted by Gasteiger charge is 2.76. The molecule has 0 aromatic rings. The van der Waals surface area contributed by atoms with Gasteiger partial charge in [0.1, 0.15) is 5.60 Å². The van der Waals surface area contributed by atoms with Crippen molar-refractivity contribution in [1.29, 1.82) is 0 Å². The molecule has 0 aromatic carbocycles. The summed E-state index contributed by atoms with van der Waals surface area (Å²) in [5.74, 6) is -3.93. The molecule has 4 aliphatic carbocycles. The minimum atomic E-state index is -2.27. The number of rotatable bonds is 1. The summed E-state index contributed by atoms with van der Waals surface area (Å²) in [4.78, 5) is 24.3. The van der Waals surface area contributed by atoms with Gasteiger partial charge in [-0.05, 0) is 51.0 Å². The van der Waals surface area contributed by atoms with Gasteiger partial charge < -0.3 is 10.2 Å². The number of Topliss-reactive ketones (excluding diaryl/α,β-unsaturated/α-hetero) is 1. The number of ketones is 2. The number of hydrogen-bond acceptors (Lipinski definition) is 4. The van der Waals surface area contributed by atoms with Gasteiger partial charge >= 0.3 is 0 Å². The number of hydrogen-bond donors (Lipinski definition) is 2. The van der Waals surface area contributed by atoms with Crippen LogP contribution in [0.25, 0.3) is 0 Å². The van der Waals surface area contributed by atoms with Crippen molar-refractivity contribution in [3.63, 3.8) is 0 Å². The number of allylic oxidation sites excluding steroid dienone is 4. The zero-order chi connectivity index (χ0) is 21.7. The number of aliphatic hydroxyl groups excluding tert-OH is 1. The van der Waals surface area contributed by atoms with Crippen LogP contribution in [0.15, 0.2) is 23.6 Å². The van der Waals surface area contributed by atoms with E-state index in [0.717, 1.165) is 6.08 Å². The second kappa shape index (κ2) is 5.98. The molecule has 4 aliphatic rings. The predicted molar refractivity (Wildman–Crippen MR) is 104 cm³/mol. The molecule has 0 bridgehead atoms. The minimum Gasteiger partial charge on any atom is -0.390 e. The molecule has 9 atom stereocenters. The van der Waals surface area contributed by atoms with Crippen LogP contribution in [0.2, 0.25) is 0 Å². The SMILES string of the molecule is CC(=O)[C@@]1(O)[C@H](C)C[C@H]2[C@@H]3C[C@H](Cl)C4=C(F)C(=O)C=C[C@]4(C)[C@@]3(F)[C@@H](O)C[C@@]21C. The maximum Gasteiger partial charge on any atom is 0.213 e. The molecular formula is C22H27ClF2O4. The molecular weight excluding hydrogens is 402 g/mol. The first-order valence-electron chi connectivity index (χ1n) is 10.1. The molecule has 4 nitrogen and oxygen atoms in total. The standard InChI is InChI=1S/C22H27ClF2O4/c1-10-7-12-13-8-14(23)17-18(24)15(27)5-6-19(17,3)21(13,25)16(28)9-20(12,4)22(10,29)11(2)26/h5-6,10,12-14,16,28-29H,7-9H2,1-4H3/t10-,12+,13+,14+,16+,19+,20+,21+,22+/m1/s1. The normalized spacial score (nSPS) is 54.1. The maximum atomic E-state index is 17.0. The number of halogens is 3. The first-order valence-corrected chi connectivity index (χ1v) is 10.6. The van der Waals surface area contributed by atoms with Gasteiger partial charge in [0, 0.05) is 22.3 Å². The lowest BCUT2D eigenvalue weighted by Crippen LogP contribution is -2.70. The molecule has 3 saturated carbocycles. The van der Waals surface area contributed by atoms with Gasteiger partial charge in [0.15, 0.2) is 17.3 Å². The topological polar surface area (TPSA) is 74.6 Å². The first-order chi connectivity index (χ1) is 13.3. The fourth-order valence-electron chi connectivity index (χ4n) is 7.38. The molecule has 0 heterocycles. The van der Waals surface area contributed by atoms with Crippen molar-refractivity contribution >= 4 is 23.2 Å². The maximum absolute atomic E-state index is 17.0. The summed E-state index contributed by atoms with van der Waals surface area (Å²) >= 11 is 6.51. The largest absolute Gasteiger partial charge is 0.390 e. The van der Waals surface area contributed by atoms with E-state index < -0.39 is 68.7 Å². The molecule has 0 unspecified atom stereocenters. The minimum absolute atomic E-state index is 0.0234. The van der Waals surface area contributed by atoms with Gasteiger partial charge in [0.2, 0.25) is 5.78 Å². The van der Waals surface area contributed by atoms with E-state index in [2.05, 4.69) is 0 Å². The molecule has 160 valence electrons. The number of fused-ring (bicyclic) bond motifs is 5. The summed E-state index contributed by atoms with van der Waals surface area (Å²) in [6.07, 6.45) is 1.08. The lowest BCUT2D eigenvalue weighted by molar-refractivity contribution is -0.218. The molecule has 4 rings (SSSR count). The average molecular weight is 429 g/mol. The van der Waals surface area contributed by atoms with Crippen molar-refractivity contribution in [3.05, 3.63) is 23.6 Å². The Morgan fingerprint density at radius 1 is 1.28 bits per heavy atom. The Kier molecular flexibility index (Phi) is 4.36. The van der Waals surface area contributed by atoms with Crippen LogP contribution >= 0.6 is 11.6 Å². The number of carbonyl (C=O) groups is 2. The summed E-state index contributed by atoms with van der Waals surface area (Å²) in [5, 5.41) is 21.6. The molecule has 7 heteroatoms. The Morgan fingerprint density at radius 2 is 1.90 bits per heavy atom. The van der Waals surface area contributed by atoms with Gasteiger partial charge in [-0.1, -0.05) is 19.9 Å². The Hall–Kier alpha value is -1.11. The van der Waals surface area contributed by atoms with Crippen LogP contribution < -0.4 is 0 Å². The van der Waals surface area contributed by atoms with E-state index >= 15 is 4.39 Å². The molecule has 3 fully saturated rings. The first kappa shape index (κ1) is 21.1. The lowest BCUT2D eigenvalue weighted by Gasteiger charge is -2.63. The van der Waals surface area contributed by atoms with E-state index in [1.807, 2.05) is 0 Å². The number of alkyl halides is 2. The van der Waals surface area contributed by atoms with Crippen molar-refractivity contribution in [2.75, 3.05) is 0 Å². The molecule has 2 N–H and O–H groups in total. The zero-order valence-electron chi connectivity index (χ0n) is 17.0. The number of aliphatic hydroxyl groups is 2. The van der Waals surface area contributed by atoms with Crippen molar-refractivity contribution < 1.29 is 28.6 Å². The van der Waals surface area contributed by atoms with Gasteiger partial charge in [0.05, 0.1) is 11.5 Å². The van der Waals surface area contributed by atoms with Gasteiger partial charge in [-0.3, -0.25) is 9.59 Å². The summed E-state index contributed by atoms with van der Waals surface area (Å²) in [6, 6.07) is 0. The fraction of sp³-hybridized carbons (Fsp3) is 0.727. The van der Waals surface area contributed by atoms with Gasteiger partial charge in [-0.25, -0.2) is 8.78 Å². The summed E-state index contributed by atoms with van der Waals surface area (Å²) < 4.78 is 31.7. The Labute approximate surface area is 174 Å². The van der Waals surface area contributed by atoms with Crippen LogP contribution in [0.1, 0.15) is 47.0 Å². The van der Waals surface area contributed by atoms with E-state index in [-0.39, 0.29) is 18.4 Å². The van der Waals surface area contributed by atoms with Gasteiger partial charge in [-0.2, -0.15) is 0 Å². The molecule has 0 aliphatic heterocycles. The monoisotopic (exact) mass is 428 g/mol. The van der Waals surface area contributed by atoms with Crippen LogP contribution in [0.5, 0.6) is 0 Å². The smallest absolute Gasteiger partial charge is 0.213 e. The molecule has 29 heavy (non-hydrogen) atoms. The summed E-state index contributed by atoms with van der Waals surface area (Å²) in [5.41, 5.74) is -6.67. The fourth-order valence-corrected chi connectivity index (χ4v) is 7.90. The Morgan fingerprint density at radius 3 is 2.48 bits per heavy atom. The highest BCUT2D eigenvalue weighted by Crippen LogP contribution is 2.71. The Bertz CT molecular complexity index is 871. The molecule has 0 saturated heterocycles. The van der Waals surface area contributed by atoms with Crippen LogP contribution in [-0.2, 0) is 9.59 Å². The van der Waals surface area contributed by atoms with E-state index in [4.69, 9.17) is 11.6 Å².